The third-order valence-electron chi connectivity index (χ3n) is 6.67. The van der Waals surface area contributed by atoms with Crippen molar-refractivity contribution in [2.75, 3.05) is 19.6 Å². The van der Waals surface area contributed by atoms with E-state index in [1.54, 1.807) is 0 Å². The van der Waals surface area contributed by atoms with Crippen LogP contribution in [0, 0.1) is 12.8 Å². The van der Waals surface area contributed by atoms with E-state index >= 15 is 0 Å². The summed E-state index contributed by atoms with van der Waals surface area (Å²) < 4.78 is 2.02. The quantitative estimate of drug-likeness (QED) is 0.554. The molecule has 2 fully saturated rings. The summed E-state index contributed by atoms with van der Waals surface area (Å²) >= 11 is 0. The predicted octanol–water partition coefficient (Wildman–Crippen LogP) is 2.61. The van der Waals surface area contributed by atoms with Crippen molar-refractivity contribution in [3.8, 4) is 0 Å². The van der Waals surface area contributed by atoms with Crippen molar-refractivity contribution in [2.24, 2.45) is 18.0 Å². The van der Waals surface area contributed by atoms with Crippen LogP contribution < -0.4 is 10.6 Å². The van der Waals surface area contributed by atoms with Crippen LogP contribution in [0.2, 0.25) is 0 Å². The van der Waals surface area contributed by atoms with Crippen molar-refractivity contribution in [2.45, 2.75) is 84.3 Å². The molecule has 3 atom stereocenters. The Hall–Kier alpha value is -1.63. The standard InChI is InChI=1S/C21H39N7/c1-5-17-9-7-10-18(13-17)24-21(22-14-19-11-8-12-28(19)6-2)23-15-20-26-25-16(3)27(20)4/h17-19H,5-15H2,1-4H3,(H2,22,23,24). The number of guanidine groups is 1. The summed E-state index contributed by atoms with van der Waals surface area (Å²) in [5.74, 6) is 3.62. The highest BCUT2D eigenvalue weighted by molar-refractivity contribution is 5.80. The minimum Gasteiger partial charge on any atom is -0.355 e. The fourth-order valence-corrected chi connectivity index (χ4v) is 4.63. The molecule has 1 aromatic rings. The van der Waals surface area contributed by atoms with Gasteiger partial charge in [0.2, 0.25) is 0 Å². The zero-order valence-corrected chi connectivity index (χ0v) is 18.2. The van der Waals surface area contributed by atoms with Crippen LogP contribution in [0.25, 0.3) is 0 Å². The van der Waals surface area contributed by atoms with Crippen molar-refractivity contribution in [3.05, 3.63) is 11.6 Å². The number of aryl methyl sites for hydroxylation is 1. The molecule has 0 bridgehead atoms. The molecule has 2 N–H and O–H groups in total. The van der Waals surface area contributed by atoms with Crippen LogP contribution >= 0.6 is 0 Å². The Morgan fingerprint density at radius 1 is 1.18 bits per heavy atom. The number of rotatable bonds is 7. The number of aromatic nitrogens is 3. The number of aliphatic imine (C=N–C) groups is 1. The maximum atomic E-state index is 4.88. The third kappa shape index (κ3) is 5.46. The molecule has 0 spiro atoms. The summed E-state index contributed by atoms with van der Waals surface area (Å²) in [6.07, 6.45) is 9.05. The Labute approximate surface area is 170 Å². The third-order valence-corrected chi connectivity index (χ3v) is 6.67. The first-order chi connectivity index (χ1) is 13.6. The Kier molecular flexibility index (Phi) is 7.71. The van der Waals surface area contributed by atoms with E-state index in [2.05, 4.69) is 39.6 Å². The van der Waals surface area contributed by atoms with Crippen molar-refractivity contribution in [1.82, 2.24) is 30.3 Å². The first-order valence-corrected chi connectivity index (χ1v) is 11.2. The van der Waals surface area contributed by atoms with E-state index in [4.69, 9.17) is 4.99 Å². The fraction of sp³-hybridized carbons (Fsp3) is 0.857. The predicted molar refractivity (Wildman–Crippen MR) is 114 cm³/mol. The lowest BCUT2D eigenvalue weighted by Crippen LogP contribution is -2.49. The second-order valence-electron chi connectivity index (χ2n) is 8.47. The molecule has 2 heterocycles. The van der Waals surface area contributed by atoms with Gasteiger partial charge in [-0.1, -0.05) is 33.1 Å². The highest BCUT2D eigenvalue weighted by Crippen LogP contribution is 2.26. The van der Waals surface area contributed by atoms with E-state index in [1.165, 1.54) is 51.5 Å². The summed E-state index contributed by atoms with van der Waals surface area (Å²) in [6.45, 7) is 10.4. The number of likely N-dealkylation sites (tertiary alicyclic amines) is 1. The molecule has 7 heteroatoms. The molecule has 28 heavy (non-hydrogen) atoms. The van der Waals surface area contributed by atoms with E-state index in [0.717, 1.165) is 36.6 Å². The first-order valence-electron chi connectivity index (χ1n) is 11.2. The molecule has 3 unspecified atom stereocenters. The zero-order chi connectivity index (χ0) is 19.9. The molecule has 0 amide bonds. The van der Waals surface area contributed by atoms with Gasteiger partial charge in [-0.25, -0.2) is 4.99 Å². The second kappa shape index (κ2) is 10.2. The van der Waals surface area contributed by atoms with E-state index in [1.807, 2.05) is 18.5 Å². The largest absolute Gasteiger partial charge is 0.355 e. The van der Waals surface area contributed by atoms with Gasteiger partial charge in [0.05, 0.1) is 0 Å². The topological polar surface area (TPSA) is 70.4 Å². The van der Waals surface area contributed by atoms with Crippen LogP contribution in [0.15, 0.2) is 4.99 Å². The van der Waals surface area contributed by atoms with E-state index in [9.17, 15) is 0 Å². The minimum absolute atomic E-state index is 0.525. The summed E-state index contributed by atoms with van der Waals surface area (Å²) in [5, 5.41) is 15.8. The Balaban J connectivity index is 1.64. The summed E-state index contributed by atoms with van der Waals surface area (Å²) in [4.78, 5) is 7.45. The molecule has 1 aromatic heterocycles. The maximum Gasteiger partial charge on any atom is 0.191 e. The van der Waals surface area contributed by atoms with Gasteiger partial charge in [-0.05, 0) is 51.6 Å². The Bertz CT molecular complexity index is 639. The summed E-state index contributed by atoms with van der Waals surface area (Å²) in [6, 6.07) is 1.14. The molecule has 2 aliphatic rings. The highest BCUT2D eigenvalue weighted by atomic mass is 15.3. The SMILES string of the molecule is CCC1CCCC(NC(=NCc2nnc(C)n2C)NCC2CCCN2CC)C1. The normalized spacial score (nSPS) is 26.6. The molecule has 1 aliphatic heterocycles. The molecule has 3 rings (SSSR count). The average molecular weight is 390 g/mol. The van der Waals surface area contributed by atoms with Crippen molar-refractivity contribution in [1.29, 1.82) is 0 Å². The summed E-state index contributed by atoms with van der Waals surface area (Å²) in [5.41, 5.74) is 0. The van der Waals surface area contributed by atoms with Crippen LogP contribution in [0.3, 0.4) is 0 Å². The van der Waals surface area contributed by atoms with Crippen LogP contribution in [-0.2, 0) is 13.6 Å². The van der Waals surface area contributed by atoms with Gasteiger partial charge in [0.25, 0.3) is 0 Å². The number of likely N-dealkylation sites (N-methyl/N-ethyl adjacent to an activating group) is 1. The van der Waals surface area contributed by atoms with Gasteiger partial charge in [0.1, 0.15) is 12.4 Å². The van der Waals surface area contributed by atoms with Crippen molar-refractivity contribution in [3.63, 3.8) is 0 Å². The van der Waals surface area contributed by atoms with Gasteiger partial charge in [-0.15, -0.1) is 10.2 Å². The molecule has 7 nitrogen and oxygen atoms in total. The van der Waals surface area contributed by atoms with E-state index in [0.29, 0.717) is 18.6 Å². The first kappa shape index (κ1) is 21.1. The van der Waals surface area contributed by atoms with Crippen molar-refractivity contribution >= 4 is 5.96 Å². The molecule has 0 aromatic carbocycles. The molecular weight excluding hydrogens is 350 g/mol. The zero-order valence-electron chi connectivity index (χ0n) is 18.2. The molecule has 1 aliphatic carbocycles. The number of hydrogen-bond donors (Lipinski definition) is 2. The van der Waals surface area contributed by atoms with Gasteiger partial charge < -0.3 is 15.2 Å². The fourth-order valence-electron chi connectivity index (χ4n) is 4.63. The lowest BCUT2D eigenvalue weighted by atomic mass is 9.84. The molecule has 1 saturated heterocycles. The van der Waals surface area contributed by atoms with Gasteiger partial charge >= 0.3 is 0 Å². The molecule has 158 valence electrons. The van der Waals surface area contributed by atoms with Crippen LogP contribution in [0.1, 0.15) is 70.4 Å². The molecular formula is C21H39N7. The molecule has 0 radical (unpaired) electrons. The lowest BCUT2D eigenvalue weighted by molar-refractivity contribution is 0.265. The number of nitrogens with one attached hydrogen (secondary N) is 2. The van der Waals surface area contributed by atoms with Gasteiger partial charge in [-0.3, -0.25) is 4.90 Å². The smallest absolute Gasteiger partial charge is 0.191 e. The summed E-state index contributed by atoms with van der Waals surface area (Å²) in [7, 11) is 2.01. The monoisotopic (exact) mass is 389 g/mol. The highest BCUT2D eigenvalue weighted by Gasteiger charge is 2.24. The molecule has 1 saturated carbocycles. The lowest BCUT2D eigenvalue weighted by Gasteiger charge is -2.31. The number of hydrogen-bond acceptors (Lipinski definition) is 4. The maximum absolute atomic E-state index is 4.88. The van der Waals surface area contributed by atoms with E-state index < -0.39 is 0 Å². The van der Waals surface area contributed by atoms with Gasteiger partial charge in [-0.2, -0.15) is 0 Å². The van der Waals surface area contributed by atoms with Crippen LogP contribution in [0.4, 0.5) is 0 Å². The Morgan fingerprint density at radius 3 is 2.75 bits per heavy atom. The van der Waals surface area contributed by atoms with Gasteiger partial charge in [0, 0.05) is 25.7 Å². The van der Waals surface area contributed by atoms with Crippen molar-refractivity contribution < 1.29 is 0 Å². The van der Waals surface area contributed by atoms with Gasteiger partial charge in [0.15, 0.2) is 11.8 Å². The Morgan fingerprint density at radius 2 is 2.04 bits per heavy atom. The van der Waals surface area contributed by atoms with Crippen LogP contribution in [-0.4, -0.2) is 57.3 Å². The average Bonchev–Trinajstić information content (AvgIpc) is 3.30. The van der Waals surface area contributed by atoms with E-state index in [-0.39, 0.29) is 0 Å². The minimum atomic E-state index is 0.525. The number of nitrogens with zero attached hydrogens (tertiary/aromatic N) is 5. The van der Waals surface area contributed by atoms with Crippen LogP contribution in [0.5, 0.6) is 0 Å². The second-order valence-corrected chi connectivity index (χ2v) is 8.47.